The molecule has 166 valence electrons. The Labute approximate surface area is 186 Å². The van der Waals surface area contributed by atoms with Gasteiger partial charge in [0.1, 0.15) is 11.6 Å². The summed E-state index contributed by atoms with van der Waals surface area (Å²) in [4.78, 5) is 11.2. The molecule has 0 N–H and O–H groups in total. The molecule has 2 aromatic rings. The van der Waals surface area contributed by atoms with Gasteiger partial charge >= 0.3 is 0 Å². The van der Waals surface area contributed by atoms with Gasteiger partial charge in [-0.1, -0.05) is 7.43 Å². The number of aryl methyl sites for hydroxylation is 2. The van der Waals surface area contributed by atoms with Gasteiger partial charge in [-0.25, -0.2) is 9.37 Å². The van der Waals surface area contributed by atoms with Gasteiger partial charge in [0.25, 0.3) is 0 Å². The van der Waals surface area contributed by atoms with Gasteiger partial charge in [-0.3, -0.25) is 9.88 Å². The Kier molecular flexibility index (Phi) is 8.50. The fraction of sp³-hybridized carbons (Fsp3) is 0.565. The molecule has 1 saturated heterocycles. The van der Waals surface area contributed by atoms with E-state index in [4.69, 9.17) is 9.47 Å². The minimum atomic E-state index is -0.224. The summed E-state index contributed by atoms with van der Waals surface area (Å²) in [7, 11) is 0. The summed E-state index contributed by atoms with van der Waals surface area (Å²) in [5.41, 5.74) is 3.30. The monoisotopic (exact) mass is 435 g/mol. The van der Waals surface area contributed by atoms with Crippen molar-refractivity contribution in [1.29, 1.82) is 0 Å². The van der Waals surface area contributed by atoms with E-state index >= 15 is 0 Å². The largest absolute Gasteiger partial charge is 0.493 e. The Bertz CT molecular complexity index is 844. The Hall–Kier alpha value is -1.86. The lowest BCUT2D eigenvalue weighted by molar-refractivity contribution is 0.0974. The number of rotatable bonds is 5. The molecule has 0 aliphatic carbocycles. The van der Waals surface area contributed by atoms with Crippen molar-refractivity contribution in [3.63, 3.8) is 0 Å². The molecular formula is C23H34FN3O2S. The highest BCUT2D eigenvalue weighted by molar-refractivity contribution is 7.59. The third kappa shape index (κ3) is 5.43. The van der Waals surface area contributed by atoms with Crippen molar-refractivity contribution in [1.82, 2.24) is 14.9 Å². The predicted octanol–water partition coefficient (Wildman–Crippen LogP) is 4.77. The van der Waals surface area contributed by atoms with Crippen molar-refractivity contribution in [2.24, 2.45) is 5.92 Å². The first kappa shape index (κ1) is 24.4. The lowest BCUT2D eigenvalue weighted by Crippen LogP contribution is -2.39. The Morgan fingerprint density at radius 2 is 1.97 bits per heavy atom. The molecule has 2 aliphatic heterocycles. The quantitative estimate of drug-likeness (QED) is 0.677. The zero-order chi connectivity index (χ0) is 19.7. The van der Waals surface area contributed by atoms with E-state index in [9.17, 15) is 4.39 Å². The Morgan fingerprint density at radius 3 is 2.70 bits per heavy atom. The van der Waals surface area contributed by atoms with Crippen molar-refractivity contribution in [2.45, 2.75) is 53.5 Å². The number of halogens is 1. The molecular weight excluding hydrogens is 401 g/mol. The molecule has 7 heteroatoms. The van der Waals surface area contributed by atoms with Crippen molar-refractivity contribution >= 4 is 13.5 Å². The van der Waals surface area contributed by atoms with Crippen LogP contribution >= 0.6 is 13.5 Å². The number of fused-ring (bicyclic) bond motifs is 1. The SMILES string of the molecule is C.Cc1cc(OC[C@H]2CCCN([C@H](C)c3nc4c(cc3F)CCO4)C2)cc(C)n1.S. The van der Waals surface area contributed by atoms with Gasteiger partial charge in [-0.05, 0) is 46.2 Å². The molecule has 2 atom stereocenters. The van der Waals surface area contributed by atoms with E-state index in [1.54, 1.807) is 6.07 Å². The van der Waals surface area contributed by atoms with E-state index in [2.05, 4.69) is 14.9 Å². The number of hydrogen-bond acceptors (Lipinski definition) is 5. The fourth-order valence-corrected chi connectivity index (χ4v) is 4.23. The zero-order valence-electron chi connectivity index (χ0n) is 17.4. The smallest absolute Gasteiger partial charge is 0.217 e. The zero-order valence-corrected chi connectivity index (χ0v) is 18.4. The lowest BCUT2D eigenvalue weighted by Gasteiger charge is -2.36. The highest BCUT2D eigenvalue weighted by Crippen LogP contribution is 2.32. The minimum Gasteiger partial charge on any atom is -0.493 e. The summed E-state index contributed by atoms with van der Waals surface area (Å²) < 4.78 is 26.2. The molecule has 0 unspecified atom stereocenters. The summed E-state index contributed by atoms with van der Waals surface area (Å²) in [5.74, 6) is 1.67. The molecule has 0 amide bonds. The summed E-state index contributed by atoms with van der Waals surface area (Å²) in [6.07, 6.45) is 2.94. The predicted molar refractivity (Wildman–Crippen MR) is 122 cm³/mol. The maximum absolute atomic E-state index is 14.6. The molecule has 0 saturated carbocycles. The normalized spacial score (nSPS) is 19.1. The second-order valence-corrected chi connectivity index (χ2v) is 7.99. The summed E-state index contributed by atoms with van der Waals surface area (Å²) >= 11 is 0. The van der Waals surface area contributed by atoms with Crippen molar-refractivity contribution < 1.29 is 13.9 Å². The maximum Gasteiger partial charge on any atom is 0.217 e. The standard InChI is InChI=1S/C22H28FN3O2.CH4.H2S/c1-14-9-19(10-15(2)24-14)28-13-17-5-4-7-26(12-17)16(3)21-20(23)11-18-6-8-27-22(18)25-21;;/h9-11,16-17H,4-8,12-13H2,1-3H3;1H4;1H2/t16-,17+;;/m1../s1. The number of pyridine rings is 2. The minimum absolute atomic E-state index is 0. The van der Waals surface area contributed by atoms with Crippen LogP contribution in [0, 0.1) is 25.6 Å². The average Bonchev–Trinajstić information content (AvgIpc) is 3.12. The van der Waals surface area contributed by atoms with E-state index in [1.807, 2.05) is 32.9 Å². The van der Waals surface area contributed by atoms with Crippen LogP contribution in [0.15, 0.2) is 18.2 Å². The van der Waals surface area contributed by atoms with Crippen molar-refractivity contribution in [3.8, 4) is 11.6 Å². The number of ether oxygens (including phenoxy) is 2. The lowest BCUT2D eigenvalue weighted by atomic mass is 9.96. The van der Waals surface area contributed by atoms with Gasteiger partial charge in [0.2, 0.25) is 5.88 Å². The number of aromatic nitrogens is 2. The molecule has 2 aromatic heterocycles. The van der Waals surface area contributed by atoms with E-state index in [1.165, 1.54) is 0 Å². The topological polar surface area (TPSA) is 47.5 Å². The first-order valence-corrected chi connectivity index (χ1v) is 10.1. The highest BCUT2D eigenvalue weighted by Gasteiger charge is 2.29. The van der Waals surface area contributed by atoms with Crippen LogP contribution < -0.4 is 9.47 Å². The molecule has 1 fully saturated rings. The third-order valence-corrected chi connectivity index (χ3v) is 5.69. The summed E-state index contributed by atoms with van der Waals surface area (Å²) in [5, 5.41) is 0. The molecule has 0 radical (unpaired) electrons. The van der Waals surface area contributed by atoms with E-state index in [0.29, 0.717) is 30.7 Å². The van der Waals surface area contributed by atoms with Crippen LogP contribution in [-0.2, 0) is 6.42 Å². The molecule has 30 heavy (non-hydrogen) atoms. The average molecular weight is 436 g/mol. The van der Waals surface area contributed by atoms with Crippen LogP contribution in [0.5, 0.6) is 11.6 Å². The Balaban J connectivity index is 0.00000160. The van der Waals surface area contributed by atoms with Gasteiger partial charge in [0.05, 0.1) is 24.9 Å². The molecule has 2 aliphatic rings. The maximum atomic E-state index is 14.6. The van der Waals surface area contributed by atoms with Crippen LogP contribution in [0.3, 0.4) is 0 Å². The molecule has 0 aromatic carbocycles. The number of hydrogen-bond donors (Lipinski definition) is 0. The van der Waals surface area contributed by atoms with Crippen LogP contribution in [0.4, 0.5) is 4.39 Å². The van der Waals surface area contributed by atoms with Gasteiger partial charge in [-0.15, -0.1) is 0 Å². The van der Waals surface area contributed by atoms with Gasteiger partial charge in [-0.2, -0.15) is 13.5 Å². The van der Waals surface area contributed by atoms with E-state index < -0.39 is 0 Å². The molecule has 0 spiro atoms. The molecule has 0 bridgehead atoms. The molecule has 4 rings (SSSR count). The van der Waals surface area contributed by atoms with Crippen molar-refractivity contribution in [3.05, 3.63) is 46.7 Å². The van der Waals surface area contributed by atoms with Gasteiger partial charge in [0, 0.05) is 48.0 Å². The van der Waals surface area contributed by atoms with Crippen molar-refractivity contribution in [2.75, 3.05) is 26.3 Å². The van der Waals surface area contributed by atoms with E-state index in [0.717, 1.165) is 55.1 Å². The number of piperidine rings is 1. The molecule has 5 nitrogen and oxygen atoms in total. The van der Waals surface area contributed by atoms with Crippen LogP contribution in [0.25, 0.3) is 0 Å². The van der Waals surface area contributed by atoms with Gasteiger partial charge in [0.15, 0.2) is 0 Å². The van der Waals surface area contributed by atoms with Crippen LogP contribution in [0.2, 0.25) is 0 Å². The van der Waals surface area contributed by atoms with Crippen LogP contribution in [0.1, 0.15) is 55.9 Å². The summed E-state index contributed by atoms with van der Waals surface area (Å²) in [6, 6.07) is 5.46. The second-order valence-electron chi connectivity index (χ2n) is 7.99. The summed E-state index contributed by atoms with van der Waals surface area (Å²) in [6.45, 7) is 9.07. The van der Waals surface area contributed by atoms with Crippen LogP contribution in [-0.4, -0.2) is 41.2 Å². The third-order valence-electron chi connectivity index (χ3n) is 5.69. The fourth-order valence-electron chi connectivity index (χ4n) is 4.23. The molecule has 4 heterocycles. The Morgan fingerprint density at radius 1 is 1.23 bits per heavy atom. The first-order chi connectivity index (χ1) is 13.5. The van der Waals surface area contributed by atoms with E-state index in [-0.39, 0.29) is 32.8 Å². The first-order valence-electron chi connectivity index (χ1n) is 10.1. The highest BCUT2D eigenvalue weighted by atomic mass is 32.1. The second kappa shape index (κ2) is 10.4. The van der Waals surface area contributed by atoms with Gasteiger partial charge < -0.3 is 9.47 Å². The number of likely N-dealkylation sites (tertiary alicyclic amines) is 1. The number of nitrogens with zero attached hydrogens (tertiary/aromatic N) is 3.